The van der Waals surface area contributed by atoms with Gasteiger partial charge in [0.15, 0.2) is 0 Å². The molecule has 3 rings (SSSR count). The number of nitrogens with zero attached hydrogens (tertiary/aromatic N) is 2. The minimum absolute atomic E-state index is 0.762. The van der Waals surface area contributed by atoms with Crippen LogP contribution in [0.2, 0.25) is 0 Å². The van der Waals surface area contributed by atoms with Crippen LogP contribution in [-0.2, 0) is 17.8 Å². The molecule has 1 aromatic heterocycles. The Morgan fingerprint density at radius 1 is 1.40 bits per heavy atom. The first-order valence-corrected chi connectivity index (χ1v) is 7.99. The standard InChI is InChI=1S/C16H27N3O/c1-12-16(9-17-5-6-20-2)10-18-19(12)11-15-8-13-3-4-14(15)7-13/h10,13-15,17H,3-9,11H2,1-2H3. The summed E-state index contributed by atoms with van der Waals surface area (Å²) in [6.07, 6.45) is 7.89. The van der Waals surface area contributed by atoms with E-state index in [1.807, 2.05) is 6.20 Å². The highest BCUT2D eigenvalue weighted by Gasteiger charge is 2.39. The molecule has 2 aliphatic rings. The van der Waals surface area contributed by atoms with E-state index in [-0.39, 0.29) is 0 Å². The summed E-state index contributed by atoms with van der Waals surface area (Å²) in [5, 5.41) is 8.01. The van der Waals surface area contributed by atoms with Crippen LogP contribution >= 0.6 is 0 Å². The average molecular weight is 277 g/mol. The van der Waals surface area contributed by atoms with E-state index in [0.29, 0.717) is 0 Å². The van der Waals surface area contributed by atoms with Gasteiger partial charge in [-0.05, 0) is 43.9 Å². The van der Waals surface area contributed by atoms with Gasteiger partial charge in [0.05, 0.1) is 12.8 Å². The van der Waals surface area contributed by atoms with Gasteiger partial charge < -0.3 is 10.1 Å². The average Bonchev–Trinajstić information content (AvgIpc) is 3.14. The van der Waals surface area contributed by atoms with Crippen LogP contribution in [-0.4, -0.2) is 30.0 Å². The third-order valence-corrected chi connectivity index (χ3v) is 5.30. The van der Waals surface area contributed by atoms with E-state index in [4.69, 9.17) is 4.74 Å². The van der Waals surface area contributed by atoms with Crippen molar-refractivity contribution in [1.29, 1.82) is 0 Å². The molecule has 3 unspecified atom stereocenters. The number of ether oxygens (including phenoxy) is 1. The van der Waals surface area contributed by atoms with Gasteiger partial charge in [-0.25, -0.2) is 0 Å². The molecule has 4 heteroatoms. The number of rotatable bonds is 7. The van der Waals surface area contributed by atoms with Crippen molar-refractivity contribution in [2.45, 2.75) is 45.7 Å². The van der Waals surface area contributed by atoms with Crippen LogP contribution < -0.4 is 5.32 Å². The fourth-order valence-corrected chi connectivity index (χ4v) is 4.06. The van der Waals surface area contributed by atoms with E-state index in [1.165, 1.54) is 36.9 Å². The van der Waals surface area contributed by atoms with Crippen molar-refractivity contribution >= 4 is 0 Å². The molecule has 3 atom stereocenters. The molecule has 0 radical (unpaired) electrons. The van der Waals surface area contributed by atoms with Crippen molar-refractivity contribution in [3.8, 4) is 0 Å². The van der Waals surface area contributed by atoms with Crippen molar-refractivity contribution in [3.05, 3.63) is 17.5 Å². The summed E-state index contributed by atoms with van der Waals surface area (Å²) in [6.45, 7) is 5.89. The molecule has 0 amide bonds. The second-order valence-electron chi connectivity index (χ2n) is 6.54. The number of nitrogens with one attached hydrogen (secondary N) is 1. The maximum absolute atomic E-state index is 5.05. The SMILES string of the molecule is COCCNCc1cnn(CC2CC3CCC2C3)c1C. The molecule has 1 aromatic rings. The molecule has 2 fully saturated rings. The van der Waals surface area contributed by atoms with Crippen LogP contribution in [0.3, 0.4) is 0 Å². The molecule has 2 saturated carbocycles. The molecule has 0 saturated heterocycles. The van der Waals surface area contributed by atoms with E-state index >= 15 is 0 Å². The number of hydrogen-bond acceptors (Lipinski definition) is 3. The molecule has 2 bridgehead atoms. The lowest BCUT2D eigenvalue weighted by atomic mass is 9.89. The zero-order valence-corrected chi connectivity index (χ0v) is 12.8. The van der Waals surface area contributed by atoms with Gasteiger partial charge in [-0.1, -0.05) is 6.42 Å². The first-order valence-electron chi connectivity index (χ1n) is 7.99. The third-order valence-electron chi connectivity index (χ3n) is 5.30. The molecule has 2 aliphatic carbocycles. The molecule has 20 heavy (non-hydrogen) atoms. The maximum atomic E-state index is 5.05. The van der Waals surface area contributed by atoms with E-state index < -0.39 is 0 Å². The summed E-state index contributed by atoms with van der Waals surface area (Å²) in [6, 6.07) is 0. The summed E-state index contributed by atoms with van der Waals surface area (Å²) in [5.74, 6) is 2.88. The summed E-state index contributed by atoms with van der Waals surface area (Å²) in [7, 11) is 1.74. The van der Waals surface area contributed by atoms with Crippen LogP contribution in [0, 0.1) is 24.7 Å². The summed E-state index contributed by atoms with van der Waals surface area (Å²) < 4.78 is 7.28. The monoisotopic (exact) mass is 277 g/mol. The topological polar surface area (TPSA) is 39.1 Å². The van der Waals surface area contributed by atoms with Gasteiger partial charge in [-0.2, -0.15) is 5.10 Å². The first-order chi connectivity index (χ1) is 9.78. The zero-order valence-electron chi connectivity index (χ0n) is 12.8. The Morgan fingerprint density at radius 3 is 3.00 bits per heavy atom. The van der Waals surface area contributed by atoms with Crippen LogP contribution in [0.1, 0.15) is 36.9 Å². The van der Waals surface area contributed by atoms with Gasteiger partial charge in [0, 0.05) is 38.0 Å². The first kappa shape index (κ1) is 14.1. The number of hydrogen-bond donors (Lipinski definition) is 1. The minimum atomic E-state index is 0.762. The van der Waals surface area contributed by atoms with Crippen LogP contribution in [0.15, 0.2) is 6.20 Å². The highest BCUT2D eigenvalue weighted by molar-refractivity contribution is 5.16. The van der Waals surface area contributed by atoms with E-state index in [2.05, 4.69) is 22.0 Å². The van der Waals surface area contributed by atoms with E-state index in [0.717, 1.165) is 44.0 Å². The lowest BCUT2D eigenvalue weighted by Gasteiger charge is -2.22. The van der Waals surface area contributed by atoms with Gasteiger partial charge in [-0.15, -0.1) is 0 Å². The number of methoxy groups -OCH3 is 1. The summed E-state index contributed by atoms with van der Waals surface area (Å²) in [4.78, 5) is 0. The molecule has 1 N–H and O–H groups in total. The molecule has 0 aliphatic heterocycles. The van der Waals surface area contributed by atoms with Gasteiger partial charge in [0.1, 0.15) is 0 Å². The van der Waals surface area contributed by atoms with Crippen molar-refractivity contribution in [2.75, 3.05) is 20.3 Å². The van der Waals surface area contributed by atoms with Gasteiger partial charge in [0.25, 0.3) is 0 Å². The zero-order chi connectivity index (χ0) is 13.9. The Labute approximate surface area is 121 Å². The van der Waals surface area contributed by atoms with E-state index in [1.54, 1.807) is 7.11 Å². The largest absolute Gasteiger partial charge is 0.383 e. The molecule has 4 nitrogen and oxygen atoms in total. The van der Waals surface area contributed by atoms with Crippen LogP contribution in [0.5, 0.6) is 0 Å². The molecule has 1 heterocycles. The quantitative estimate of drug-likeness (QED) is 0.778. The van der Waals surface area contributed by atoms with Crippen molar-refractivity contribution in [1.82, 2.24) is 15.1 Å². The van der Waals surface area contributed by atoms with E-state index in [9.17, 15) is 0 Å². The Hall–Kier alpha value is -0.870. The van der Waals surface area contributed by atoms with Crippen molar-refractivity contribution < 1.29 is 4.74 Å². The fraction of sp³-hybridized carbons (Fsp3) is 0.812. The highest BCUT2D eigenvalue weighted by Crippen LogP contribution is 2.48. The molecule has 0 spiro atoms. The second-order valence-corrected chi connectivity index (χ2v) is 6.54. The van der Waals surface area contributed by atoms with Crippen LogP contribution in [0.25, 0.3) is 0 Å². The normalized spacial score (nSPS) is 28.4. The smallest absolute Gasteiger partial charge is 0.0587 e. The van der Waals surface area contributed by atoms with Crippen LogP contribution in [0.4, 0.5) is 0 Å². The minimum Gasteiger partial charge on any atom is -0.383 e. The molecule has 0 aromatic carbocycles. The van der Waals surface area contributed by atoms with Gasteiger partial charge in [-0.3, -0.25) is 4.68 Å². The molecular formula is C16H27N3O. The van der Waals surface area contributed by atoms with Crippen molar-refractivity contribution in [2.24, 2.45) is 17.8 Å². The number of fused-ring (bicyclic) bond motifs is 2. The fourth-order valence-electron chi connectivity index (χ4n) is 4.06. The Kier molecular flexibility index (Phi) is 4.41. The molecular weight excluding hydrogens is 250 g/mol. The lowest BCUT2D eigenvalue weighted by Crippen LogP contribution is -2.20. The van der Waals surface area contributed by atoms with Gasteiger partial charge >= 0.3 is 0 Å². The van der Waals surface area contributed by atoms with Gasteiger partial charge in [0.2, 0.25) is 0 Å². The third kappa shape index (κ3) is 2.91. The predicted molar refractivity (Wildman–Crippen MR) is 79.5 cm³/mol. The predicted octanol–water partition coefficient (Wildman–Crippen LogP) is 2.36. The Bertz CT molecular complexity index is 443. The molecule has 112 valence electrons. The van der Waals surface area contributed by atoms with Crippen molar-refractivity contribution in [3.63, 3.8) is 0 Å². The number of aromatic nitrogens is 2. The Balaban J connectivity index is 1.54. The second kappa shape index (κ2) is 6.27. The maximum Gasteiger partial charge on any atom is 0.0587 e. The summed E-state index contributed by atoms with van der Waals surface area (Å²) in [5.41, 5.74) is 2.65. The highest BCUT2D eigenvalue weighted by atomic mass is 16.5. The summed E-state index contributed by atoms with van der Waals surface area (Å²) >= 11 is 0. The lowest BCUT2D eigenvalue weighted by molar-refractivity contribution is 0.199. The Morgan fingerprint density at radius 2 is 2.30 bits per heavy atom.